The Hall–Kier alpha value is -0.890. The van der Waals surface area contributed by atoms with E-state index in [1.54, 1.807) is 6.07 Å². The first-order valence-corrected chi connectivity index (χ1v) is 6.05. The number of halogens is 1. The molecule has 1 fully saturated rings. The summed E-state index contributed by atoms with van der Waals surface area (Å²) < 4.78 is 12.9. The molecule has 2 heteroatoms. The molecule has 1 aliphatic carbocycles. The van der Waals surface area contributed by atoms with Crippen LogP contribution in [0.5, 0.6) is 0 Å². The molecule has 1 aliphatic rings. The van der Waals surface area contributed by atoms with Gasteiger partial charge >= 0.3 is 0 Å². The molecular weight excluding hydrogens is 201 g/mol. The second-order valence-electron chi connectivity index (χ2n) is 5.34. The SMILES string of the molecule is Cc1cc(F)ccc1CNCC1(C)CCC1. The zero-order valence-electron chi connectivity index (χ0n) is 10.1. The standard InChI is InChI=1S/C14H20FN/c1-11-8-13(15)5-4-12(11)9-16-10-14(2)6-3-7-14/h4-5,8,16H,3,6-7,9-10H2,1-2H3. The van der Waals surface area contributed by atoms with Crippen molar-refractivity contribution in [2.45, 2.75) is 39.7 Å². The van der Waals surface area contributed by atoms with E-state index >= 15 is 0 Å². The minimum Gasteiger partial charge on any atom is -0.312 e. The molecule has 0 unspecified atom stereocenters. The third-order valence-electron chi connectivity index (χ3n) is 3.73. The van der Waals surface area contributed by atoms with Crippen molar-refractivity contribution in [3.8, 4) is 0 Å². The van der Waals surface area contributed by atoms with E-state index in [1.165, 1.54) is 30.9 Å². The maximum Gasteiger partial charge on any atom is 0.123 e. The fraction of sp³-hybridized carbons (Fsp3) is 0.571. The number of benzene rings is 1. The Morgan fingerprint density at radius 2 is 2.12 bits per heavy atom. The maximum atomic E-state index is 12.9. The monoisotopic (exact) mass is 221 g/mol. The highest BCUT2D eigenvalue weighted by atomic mass is 19.1. The van der Waals surface area contributed by atoms with E-state index in [0.29, 0.717) is 5.41 Å². The van der Waals surface area contributed by atoms with E-state index in [4.69, 9.17) is 0 Å². The van der Waals surface area contributed by atoms with Crippen LogP contribution in [0.2, 0.25) is 0 Å². The van der Waals surface area contributed by atoms with Gasteiger partial charge in [0.05, 0.1) is 0 Å². The summed E-state index contributed by atoms with van der Waals surface area (Å²) in [4.78, 5) is 0. The Bertz CT molecular complexity index is 369. The lowest BCUT2D eigenvalue weighted by Crippen LogP contribution is -2.37. The van der Waals surface area contributed by atoms with Gasteiger partial charge in [-0.1, -0.05) is 19.4 Å². The molecule has 1 N–H and O–H groups in total. The minimum atomic E-state index is -0.146. The molecule has 0 bridgehead atoms. The summed E-state index contributed by atoms with van der Waals surface area (Å²) >= 11 is 0. The molecule has 0 saturated heterocycles. The summed E-state index contributed by atoms with van der Waals surface area (Å²) in [5, 5.41) is 3.48. The van der Waals surface area contributed by atoms with Crippen LogP contribution in [0.1, 0.15) is 37.3 Å². The Morgan fingerprint density at radius 3 is 2.69 bits per heavy atom. The predicted molar refractivity (Wildman–Crippen MR) is 64.8 cm³/mol. The van der Waals surface area contributed by atoms with Crippen molar-refractivity contribution in [1.82, 2.24) is 5.32 Å². The number of aryl methyl sites for hydroxylation is 1. The minimum absolute atomic E-state index is 0.146. The largest absolute Gasteiger partial charge is 0.312 e. The van der Waals surface area contributed by atoms with Gasteiger partial charge in [-0.15, -0.1) is 0 Å². The van der Waals surface area contributed by atoms with E-state index < -0.39 is 0 Å². The molecule has 1 nitrogen and oxygen atoms in total. The molecule has 0 amide bonds. The molecule has 0 heterocycles. The lowest BCUT2D eigenvalue weighted by molar-refractivity contribution is 0.156. The van der Waals surface area contributed by atoms with Crippen molar-refractivity contribution in [3.63, 3.8) is 0 Å². The van der Waals surface area contributed by atoms with Gasteiger partial charge in [-0.25, -0.2) is 4.39 Å². The molecule has 88 valence electrons. The molecular formula is C14H20FN. The summed E-state index contributed by atoms with van der Waals surface area (Å²) in [6, 6.07) is 5.01. The summed E-state index contributed by atoms with van der Waals surface area (Å²) in [5.41, 5.74) is 2.74. The van der Waals surface area contributed by atoms with Gasteiger partial charge < -0.3 is 5.32 Å². The van der Waals surface area contributed by atoms with Crippen molar-refractivity contribution in [2.75, 3.05) is 6.54 Å². The summed E-state index contributed by atoms with van der Waals surface area (Å²) in [7, 11) is 0. The third-order valence-corrected chi connectivity index (χ3v) is 3.73. The zero-order valence-corrected chi connectivity index (χ0v) is 10.1. The van der Waals surface area contributed by atoms with Crippen molar-refractivity contribution in [3.05, 3.63) is 35.1 Å². The van der Waals surface area contributed by atoms with Crippen LogP contribution in [0.25, 0.3) is 0 Å². The number of nitrogens with one attached hydrogen (secondary N) is 1. The predicted octanol–water partition coefficient (Wildman–Crippen LogP) is 3.41. The van der Waals surface area contributed by atoms with Crippen molar-refractivity contribution in [1.29, 1.82) is 0 Å². The normalized spacial score (nSPS) is 18.2. The lowest BCUT2D eigenvalue weighted by atomic mass is 9.70. The average Bonchev–Trinajstić information content (AvgIpc) is 2.19. The summed E-state index contributed by atoms with van der Waals surface area (Å²) in [5.74, 6) is -0.146. The van der Waals surface area contributed by atoms with Gasteiger partial charge in [-0.3, -0.25) is 0 Å². The summed E-state index contributed by atoms with van der Waals surface area (Å²) in [6.45, 7) is 6.22. The maximum absolute atomic E-state index is 12.9. The van der Waals surface area contributed by atoms with E-state index in [0.717, 1.165) is 18.7 Å². The Labute approximate surface area is 97.1 Å². The summed E-state index contributed by atoms with van der Waals surface area (Å²) in [6.07, 6.45) is 4.04. The molecule has 0 aliphatic heterocycles. The fourth-order valence-electron chi connectivity index (χ4n) is 2.31. The van der Waals surface area contributed by atoms with Crippen LogP contribution in [0.3, 0.4) is 0 Å². The van der Waals surface area contributed by atoms with E-state index in [-0.39, 0.29) is 5.82 Å². The van der Waals surface area contributed by atoms with Crippen LogP contribution in [-0.4, -0.2) is 6.54 Å². The first-order chi connectivity index (χ1) is 7.59. The van der Waals surface area contributed by atoms with Crippen LogP contribution >= 0.6 is 0 Å². The van der Waals surface area contributed by atoms with Gasteiger partial charge in [-0.05, 0) is 48.4 Å². The van der Waals surface area contributed by atoms with Crippen LogP contribution in [0, 0.1) is 18.2 Å². The van der Waals surface area contributed by atoms with Gasteiger partial charge in [0.2, 0.25) is 0 Å². The highest BCUT2D eigenvalue weighted by Gasteiger charge is 2.30. The van der Waals surface area contributed by atoms with E-state index in [2.05, 4.69) is 12.2 Å². The van der Waals surface area contributed by atoms with Crippen LogP contribution in [0.15, 0.2) is 18.2 Å². The number of hydrogen-bond donors (Lipinski definition) is 1. The molecule has 0 atom stereocenters. The van der Waals surface area contributed by atoms with Gasteiger partial charge in [0.1, 0.15) is 5.82 Å². The molecule has 1 aromatic carbocycles. The first-order valence-electron chi connectivity index (χ1n) is 6.05. The highest BCUT2D eigenvalue weighted by Crippen LogP contribution is 2.39. The van der Waals surface area contributed by atoms with E-state index in [1.807, 2.05) is 13.0 Å². The Kier molecular flexibility index (Phi) is 3.29. The topological polar surface area (TPSA) is 12.0 Å². The second kappa shape index (κ2) is 4.54. The molecule has 2 rings (SSSR count). The quantitative estimate of drug-likeness (QED) is 0.821. The smallest absolute Gasteiger partial charge is 0.123 e. The van der Waals surface area contributed by atoms with Gasteiger partial charge in [0.15, 0.2) is 0 Å². The lowest BCUT2D eigenvalue weighted by Gasteiger charge is -2.38. The third kappa shape index (κ3) is 2.62. The molecule has 0 radical (unpaired) electrons. The fourth-order valence-corrected chi connectivity index (χ4v) is 2.31. The molecule has 0 aromatic heterocycles. The van der Waals surface area contributed by atoms with Gasteiger partial charge in [-0.2, -0.15) is 0 Å². The van der Waals surface area contributed by atoms with Gasteiger partial charge in [0.25, 0.3) is 0 Å². The number of hydrogen-bond acceptors (Lipinski definition) is 1. The van der Waals surface area contributed by atoms with Crippen molar-refractivity contribution in [2.24, 2.45) is 5.41 Å². The van der Waals surface area contributed by atoms with Crippen LogP contribution in [0.4, 0.5) is 4.39 Å². The second-order valence-corrected chi connectivity index (χ2v) is 5.34. The van der Waals surface area contributed by atoms with Gasteiger partial charge in [0, 0.05) is 13.1 Å². The van der Waals surface area contributed by atoms with Crippen LogP contribution < -0.4 is 5.32 Å². The molecule has 0 spiro atoms. The van der Waals surface area contributed by atoms with Crippen molar-refractivity contribution >= 4 is 0 Å². The van der Waals surface area contributed by atoms with Crippen molar-refractivity contribution < 1.29 is 4.39 Å². The number of rotatable bonds is 4. The van der Waals surface area contributed by atoms with E-state index in [9.17, 15) is 4.39 Å². The Balaban J connectivity index is 1.85. The zero-order chi connectivity index (χ0) is 11.6. The molecule has 16 heavy (non-hydrogen) atoms. The average molecular weight is 221 g/mol. The highest BCUT2D eigenvalue weighted by molar-refractivity contribution is 5.26. The molecule has 1 aromatic rings. The Morgan fingerprint density at radius 1 is 1.38 bits per heavy atom. The molecule has 1 saturated carbocycles. The van der Waals surface area contributed by atoms with Crippen LogP contribution in [-0.2, 0) is 6.54 Å². The first kappa shape index (κ1) is 11.6.